The normalized spacial score (nSPS) is 14.2. The number of H-pyrrole nitrogens is 1. The Morgan fingerprint density at radius 1 is 1.50 bits per heavy atom. The number of aromatic nitrogens is 2. The summed E-state index contributed by atoms with van der Waals surface area (Å²) < 4.78 is 5.49. The third kappa shape index (κ3) is 3.33. The molecule has 1 aromatic heterocycles. The first-order chi connectivity index (χ1) is 10.8. The van der Waals surface area contributed by atoms with Crippen molar-refractivity contribution in [2.24, 2.45) is 5.10 Å². The van der Waals surface area contributed by atoms with E-state index in [-0.39, 0.29) is 5.91 Å². The van der Waals surface area contributed by atoms with Crippen LogP contribution in [-0.2, 0) is 0 Å². The van der Waals surface area contributed by atoms with Crippen LogP contribution in [0.25, 0.3) is 0 Å². The summed E-state index contributed by atoms with van der Waals surface area (Å²) in [5.74, 6) is 0.947. The number of nitrogens with zero attached hydrogens (tertiary/aromatic N) is 2. The predicted molar refractivity (Wildman–Crippen MR) is 83.2 cm³/mol. The van der Waals surface area contributed by atoms with Gasteiger partial charge in [0.2, 0.25) is 0 Å². The van der Waals surface area contributed by atoms with Gasteiger partial charge in [0.05, 0.1) is 12.8 Å². The van der Waals surface area contributed by atoms with E-state index in [0.717, 1.165) is 29.8 Å². The number of ether oxygens (including phenoxy) is 1. The first-order valence-corrected chi connectivity index (χ1v) is 7.38. The summed E-state index contributed by atoms with van der Waals surface area (Å²) in [4.78, 5) is 12.0. The second-order valence-corrected chi connectivity index (χ2v) is 5.15. The van der Waals surface area contributed by atoms with Gasteiger partial charge < -0.3 is 4.74 Å². The van der Waals surface area contributed by atoms with Crippen LogP contribution in [0.2, 0.25) is 0 Å². The first-order valence-electron chi connectivity index (χ1n) is 7.38. The molecule has 114 valence electrons. The van der Waals surface area contributed by atoms with Crippen LogP contribution in [0.3, 0.4) is 0 Å². The fraction of sp³-hybridized carbons (Fsp3) is 0.312. The number of nitrogens with one attached hydrogen (secondary N) is 2. The second-order valence-electron chi connectivity index (χ2n) is 5.15. The quantitative estimate of drug-likeness (QED) is 0.635. The van der Waals surface area contributed by atoms with Gasteiger partial charge in [0.15, 0.2) is 5.69 Å². The van der Waals surface area contributed by atoms with Gasteiger partial charge in [-0.15, -0.1) is 0 Å². The van der Waals surface area contributed by atoms with Gasteiger partial charge in [0.25, 0.3) is 5.91 Å². The lowest BCUT2D eigenvalue weighted by Crippen LogP contribution is -2.18. The summed E-state index contributed by atoms with van der Waals surface area (Å²) in [5.41, 5.74) is 4.67. The summed E-state index contributed by atoms with van der Waals surface area (Å²) in [6, 6.07) is 9.31. The van der Waals surface area contributed by atoms with Crippen molar-refractivity contribution in [3.63, 3.8) is 0 Å². The van der Waals surface area contributed by atoms with Gasteiger partial charge in [0.1, 0.15) is 5.75 Å². The summed E-state index contributed by atoms with van der Waals surface area (Å²) >= 11 is 0. The zero-order valence-corrected chi connectivity index (χ0v) is 12.4. The molecule has 0 atom stereocenters. The Morgan fingerprint density at radius 2 is 2.32 bits per heavy atom. The van der Waals surface area contributed by atoms with E-state index in [4.69, 9.17) is 4.74 Å². The number of carbonyl (C=O) groups is 1. The average molecular weight is 298 g/mol. The summed E-state index contributed by atoms with van der Waals surface area (Å²) in [6.45, 7) is 2.50. The van der Waals surface area contributed by atoms with Gasteiger partial charge in [-0.05, 0) is 38.0 Å². The smallest absolute Gasteiger partial charge is 0.291 e. The Balaban J connectivity index is 1.62. The van der Waals surface area contributed by atoms with Crippen LogP contribution >= 0.6 is 0 Å². The third-order valence-electron chi connectivity index (χ3n) is 3.44. The molecule has 2 aromatic rings. The number of benzene rings is 1. The van der Waals surface area contributed by atoms with Gasteiger partial charge in [0, 0.05) is 17.2 Å². The molecular weight excluding hydrogens is 280 g/mol. The molecule has 22 heavy (non-hydrogen) atoms. The molecule has 3 rings (SSSR count). The molecular formula is C16H18N4O2. The molecule has 1 aliphatic rings. The Labute approximate surface area is 128 Å². The number of amides is 1. The number of rotatable bonds is 6. The fourth-order valence-corrected chi connectivity index (χ4v) is 2.15. The van der Waals surface area contributed by atoms with Crippen LogP contribution in [0.5, 0.6) is 5.75 Å². The molecule has 1 saturated carbocycles. The molecule has 2 N–H and O–H groups in total. The average Bonchev–Trinajstić information content (AvgIpc) is 3.26. The number of para-hydroxylation sites is 1. The number of aromatic amines is 1. The standard InChI is InChI=1S/C16H18N4O2/c1-2-22-15-6-4-3-5-12(15)10-17-20-16(21)14-9-13(18-19-14)11-7-8-11/h3-6,9-11H,2,7-8H2,1H3,(H,18,19)(H,20,21)/b17-10+. The Morgan fingerprint density at radius 3 is 3.09 bits per heavy atom. The summed E-state index contributed by atoms with van der Waals surface area (Å²) in [6.07, 6.45) is 3.89. The highest BCUT2D eigenvalue weighted by molar-refractivity contribution is 5.93. The molecule has 1 fully saturated rings. The Hall–Kier alpha value is -2.63. The van der Waals surface area contributed by atoms with Crippen molar-refractivity contribution in [3.05, 3.63) is 47.3 Å². The molecule has 1 aliphatic carbocycles. The molecule has 0 radical (unpaired) electrons. The second kappa shape index (κ2) is 6.43. The maximum Gasteiger partial charge on any atom is 0.291 e. The minimum Gasteiger partial charge on any atom is -0.493 e. The van der Waals surface area contributed by atoms with Crippen LogP contribution in [0.15, 0.2) is 35.4 Å². The van der Waals surface area contributed by atoms with E-state index in [1.54, 1.807) is 12.3 Å². The number of hydrogen-bond donors (Lipinski definition) is 2. The van der Waals surface area contributed by atoms with E-state index in [1.165, 1.54) is 0 Å². The fourth-order valence-electron chi connectivity index (χ4n) is 2.15. The van der Waals surface area contributed by atoms with Gasteiger partial charge >= 0.3 is 0 Å². The van der Waals surface area contributed by atoms with E-state index in [9.17, 15) is 4.79 Å². The molecule has 1 heterocycles. The molecule has 0 unspecified atom stereocenters. The van der Waals surface area contributed by atoms with Crippen LogP contribution < -0.4 is 10.2 Å². The molecule has 1 aromatic carbocycles. The molecule has 6 heteroatoms. The zero-order chi connectivity index (χ0) is 15.4. The summed E-state index contributed by atoms with van der Waals surface area (Å²) in [5, 5.41) is 10.9. The SMILES string of the molecule is CCOc1ccccc1/C=N/NC(=O)c1cc(C2CC2)[nH]n1. The maximum atomic E-state index is 12.0. The highest BCUT2D eigenvalue weighted by atomic mass is 16.5. The van der Waals surface area contributed by atoms with Crippen LogP contribution in [-0.4, -0.2) is 28.9 Å². The monoisotopic (exact) mass is 298 g/mol. The third-order valence-corrected chi connectivity index (χ3v) is 3.44. The van der Waals surface area contributed by atoms with Gasteiger partial charge in [-0.25, -0.2) is 5.43 Å². The topological polar surface area (TPSA) is 79.4 Å². The summed E-state index contributed by atoms with van der Waals surface area (Å²) in [7, 11) is 0. The van der Waals surface area contributed by atoms with Crippen molar-refractivity contribution in [3.8, 4) is 5.75 Å². The molecule has 0 spiro atoms. The van der Waals surface area contributed by atoms with E-state index in [1.807, 2.05) is 31.2 Å². The first kappa shape index (κ1) is 14.3. The van der Waals surface area contributed by atoms with Crippen molar-refractivity contribution in [1.82, 2.24) is 15.6 Å². The van der Waals surface area contributed by atoms with Gasteiger partial charge in [-0.1, -0.05) is 12.1 Å². The lowest BCUT2D eigenvalue weighted by molar-refractivity contribution is 0.0950. The minimum atomic E-state index is -0.326. The predicted octanol–water partition coefficient (Wildman–Crippen LogP) is 2.45. The lowest BCUT2D eigenvalue weighted by Gasteiger charge is -2.05. The molecule has 0 saturated heterocycles. The van der Waals surface area contributed by atoms with E-state index >= 15 is 0 Å². The maximum absolute atomic E-state index is 12.0. The van der Waals surface area contributed by atoms with E-state index in [2.05, 4.69) is 20.7 Å². The lowest BCUT2D eigenvalue weighted by atomic mass is 10.2. The van der Waals surface area contributed by atoms with Crippen LogP contribution in [0, 0.1) is 0 Å². The van der Waals surface area contributed by atoms with Gasteiger partial charge in [-0.3, -0.25) is 9.89 Å². The van der Waals surface area contributed by atoms with Crippen LogP contribution in [0.1, 0.15) is 47.4 Å². The highest BCUT2D eigenvalue weighted by Crippen LogP contribution is 2.38. The largest absolute Gasteiger partial charge is 0.493 e. The van der Waals surface area contributed by atoms with Crippen molar-refractivity contribution in [2.45, 2.75) is 25.7 Å². The van der Waals surface area contributed by atoms with E-state index in [0.29, 0.717) is 18.2 Å². The Bertz CT molecular complexity index is 689. The van der Waals surface area contributed by atoms with Gasteiger partial charge in [-0.2, -0.15) is 10.2 Å². The molecule has 0 bridgehead atoms. The number of hydrazone groups is 1. The Kier molecular flexibility index (Phi) is 4.18. The molecule has 0 aliphatic heterocycles. The minimum absolute atomic E-state index is 0.326. The van der Waals surface area contributed by atoms with E-state index < -0.39 is 0 Å². The number of hydrogen-bond acceptors (Lipinski definition) is 4. The highest BCUT2D eigenvalue weighted by Gasteiger charge is 2.26. The van der Waals surface area contributed by atoms with Crippen molar-refractivity contribution in [2.75, 3.05) is 6.61 Å². The van der Waals surface area contributed by atoms with Crippen LogP contribution in [0.4, 0.5) is 0 Å². The van der Waals surface area contributed by atoms with Crippen molar-refractivity contribution < 1.29 is 9.53 Å². The molecule has 1 amide bonds. The van der Waals surface area contributed by atoms with Crippen molar-refractivity contribution >= 4 is 12.1 Å². The van der Waals surface area contributed by atoms with Crippen molar-refractivity contribution in [1.29, 1.82) is 0 Å². The number of carbonyl (C=O) groups excluding carboxylic acids is 1. The molecule has 6 nitrogen and oxygen atoms in total. The zero-order valence-electron chi connectivity index (χ0n) is 12.4.